The summed E-state index contributed by atoms with van der Waals surface area (Å²) < 4.78 is 5.36. The fraction of sp³-hybridized carbons (Fsp3) is 0.667. The van der Waals surface area contributed by atoms with Crippen LogP contribution in [0.3, 0.4) is 0 Å². The van der Waals surface area contributed by atoms with Gasteiger partial charge in [0.05, 0.1) is 6.61 Å². The number of aromatic nitrogens is 2. The van der Waals surface area contributed by atoms with Crippen LogP contribution in [0.2, 0.25) is 0 Å². The molecule has 1 heterocycles. The molecule has 0 aliphatic rings. The molecule has 3 N–H and O–H groups in total. The maximum absolute atomic E-state index is 5.95. The molecule has 0 bridgehead atoms. The van der Waals surface area contributed by atoms with Gasteiger partial charge in [-0.05, 0) is 19.8 Å². The molecule has 1 aromatic rings. The number of nitrogens with zero attached hydrogens (tertiary/aromatic N) is 2. The van der Waals surface area contributed by atoms with Crippen molar-refractivity contribution in [2.75, 3.05) is 18.5 Å². The van der Waals surface area contributed by atoms with E-state index in [4.69, 9.17) is 10.5 Å². The highest BCUT2D eigenvalue weighted by molar-refractivity contribution is 5.30. The highest BCUT2D eigenvalue weighted by Crippen LogP contribution is 2.12. The first-order valence-corrected chi connectivity index (χ1v) is 6.00. The van der Waals surface area contributed by atoms with Crippen LogP contribution in [0, 0.1) is 12.8 Å². The van der Waals surface area contributed by atoms with Gasteiger partial charge in [-0.2, -0.15) is 4.98 Å². The lowest BCUT2D eigenvalue weighted by Crippen LogP contribution is -2.34. The first kappa shape index (κ1) is 13.7. The van der Waals surface area contributed by atoms with E-state index in [0.29, 0.717) is 30.9 Å². The molecule has 0 saturated heterocycles. The summed E-state index contributed by atoms with van der Waals surface area (Å²) in [5.74, 6) is 1.60. The lowest BCUT2D eigenvalue weighted by atomic mass is 10.1. The SMILES string of the molecule is CCOc1cc(C)nc(NCC(N)C(C)C)n1. The molecule has 0 spiro atoms. The van der Waals surface area contributed by atoms with Gasteiger partial charge in [0.1, 0.15) is 0 Å². The van der Waals surface area contributed by atoms with E-state index in [9.17, 15) is 0 Å². The molecule has 0 aromatic carbocycles. The zero-order valence-electron chi connectivity index (χ0n) is 11.0. The van der Waals surface area contributed by atoms with Crippen LogP contribution in [0.5, 0.6) is 5.88 Å². The minimum Gasteiger partial charge on any atom is -0.478 e. The zero-order valence-corrected chi connectivity index (χ0v) is 11.0. The van der Waals surface area contributed by atoms with Crippen molar-refractivity contribution in [2.45, 2.75) is 33.7 Å². The summed E-state index contributed by atoms with van der Waals surface area (Å²) in [7, 11) is 0. The number of anilines is 1. The molecule has 0 saturated carbocycles. The zero-order chi connectivity index (χ0) is 12.8. The molecule has 0 amide bonds. The Hall–Kier alpha value is -1.36. The third kappa shape index (κ3) is 4.56. The Morgan fingerprint density at radius 2 is 2.12 bits per heavy atom. The van der Waals surface area contributed by atoms with Gasteiger partial charge in [0.25, 0.3) is 0 Å². The number of hydrogen-bond donors (Lipinski definition) is 2. The molecule has 17 heavy (non-hydrogen) atoms. The minimum atomic E-state index is 0.0923. The Morgan fingerprint density at radius 3 is 2.71 bits per heavy atom. The van der Waals surface area contributed by atoms with Gasteiger partial charge in [0.15, 0.2) is 0 Å². The van der Waals surface area contributed by atoms with Crippen molar-refractivity contribution in [1.82, 2.24) is 9.97 Å². The number of rotatable bonds is 6. The Kier molecular flexibility index (Phi) is 5.15. The van der Waals surface area contributed by atoms with Gasteiger partial charge in [-0.25, -0.2) is 4.98 Å². The first-order chi connectivity index (χ1) is 8.02. The molecule has 0 aliphatic carbocycles. The molecular formula is C12H22N4O. The van der Waals surface area contributed by atoms with E-state index in [1.165, 1.54) is 0 Å². The van der Waals surface area contributed by atoms with Crippen molar-refractivity contribution in [2.24, 2.45) is 11.7 Å². The topological polar surface area (TPSA) is 73.1 Å². The lowest BCUT2D eigenvalue weighted by molar-refractivity contribution is 0.326. The Morgan fingerprint density at radius 1 is 1.41 bits per heavy atom. The third-order valence-corrected chi connectivity index (χ3v) is 2.48. The monoisotopic (exact) mass is 238 g/mol. The van der Waals surface area contributed by atoms with Crippen molar-refractivity contribution >= 4 is 5.95 Å². The average molecular weight is 238 g/mol. The van der Waals surface area contributed by atoms with Crippen LogP contribution in [-0.4, -0.2) is 29.2 Å². The van der Waals surface area contributed by atoms with E-state index in [-0.39, 0.29) is 6.04 Å². The van der Waals surface area contributed by atoms with E-state index in [2.05, 4.69) is 29.1 Å². The number of nitrogens with two attached hydrogens (primary N) is 1. The summed E-state index contributed by atoms with van der Waals surface area (Å²) in [6, 6.07) is 1.91. The van der Waals surface area contributed by atoms with E-state index >= 15 is 0 Å². The fourth-order valence-electron chi connectivity index (χ4n) is 1.29. The van der Waals surface area contributed by atoms with Crippen molar-refractivity contribution in [3.8, 4) is 5.88 Å². The highest BCUT2D eigenvalue weighted by atomic mass is 16.5. The Balaban J connectivity index is 2.64. The fourth-order valence-corrected chi connectivity index (χ4v) is 1.29. The molecule has 96 valence electrons. The summed E-state index contributed by atoms with van der Waals surface area (Å²) in [6.45, 7) is 9.29. The molecule has 0 fully saturated rings. The summed E-state index contributed by atoms with van der Waals surface area (Å²) in [5, 5.41) is 3.14. The van der Waals surface area contributed by atoms with E-state index in [1.807, 2.05) is 19.9 Å². The molecular weight excluding hydrogens is 216 g/mol. The van der Waals surface area contributed by atoms with Gasteiger partial charge >= 0.3 is 0 Å². The molecule has 1 aromatic heterocycles. The number of nitrogens with one attached hydrogen (secondary N) is 1. The second-order valence-corrected chi connectivity index (χ2v) is 4.39. The van der Waals surface area contributed by atoms with Crippen LogP contribution >= 0.6 is 0 Å². The van der Waals surface area contributed by atoms with Crippen molar-refractivity contribution in [1.29, 1.82) is 0 Å². The summed E-state index contributed by atoms with van der Waals surface area (Å²) >= 11 is 0. The van der Waals surface area contributed by atoms with Crippen LogP contribution in [0.15, 0.2) is 6.07 Å². The smallest absolute Gasteiger partial charge is 0.226 e. The summed E-state index contributed by atoms with van der Waals surface area (Å²) in [6.07, 6.45) is 0. The maximum Gasteiger partial charge on any atom is 0.226 e. The van der Waals surface area contributed by atoms with Gasteiger partial charge in [0.2, 0.25) is 11.8 Å². The average Bonchev–Trinajstić information content (AvgIpc) is 2.25. The highest BCUT2D eigenvalue weighted by Gasteiger charge is 2.08. The predicted octanol–water partition coefficient (Wildman–Crippen LogP) is 1.58. The van der Waals surface area contributed by atoms with Crippen LogP contribution in [-0.2, 0) is 0 Å². The van der Waals surface area contributed by atoms with E-state index < -0.39 is 0 Å². The standard InChI is InChI=1S/C12H22N4O/c1-5-17-11-6-9(4)15-12(16-11)14-7-10(13)8(2)3/h6,8,10H,5,7,13H2,1-4H3,(H,14,15,16). The molecule has 1 rings (SSSR count). The normalized spacial score (nSPS) is 12.6. The Labute approximate surface area is 103 Å². The molecule has 0 radical (unpaired) electrons. The van der Waals surface area contributed by atoms with Crippen molar-refractivity contribution in [3.05, 3.63) is 11.8 Å². The minimum absolute atomic E-state index is 0.0923. The second-order valence-electron chi connectivity index (χ2n) is 4.39. The molecule has 0 aliphatic heterocycles. The maximum atomic E-state index is 5.95. The molecule has 5 nitrogen and oxygen atoms in total. The number of hydrogen-bond acceptors (Lipinski definition) is 5. The van der Waals surface area contributed by atoms with Gasteiger partial charge in [-0.15, -0.1) is 0 Å². The van der Waals surface area contributed by atoms with Gasteiger partial charge in [0, 0.05) is 24.3 Å². The predicted molar refractivity (Wildman–Crippen MR) is 69.2 cm³/mol. The van der Waals surface area contributed by atoms with Crippen LogP contribution in [0.4, 0.5) is 5.95 Å². The number of ether oxygens (including phenoxy) is 1. The van der Waals surface area contributed by atoms with Crippen molar-refractivity contribution < 1.29 is 4.74 Å². The van der Waals surface area contributed by atoms with Crippen LogP contribution < -0.4 is 15.8 Å². The summed E-state index contributed by atoms with van der Waals surface area (Å²) in [5.41, 5.74) is 6.83. The van der Waals surface area contributed by atoms with Gasteiger partial charge < -0.3 is 15.8 Å². The van der Waals surface area contributed by atoms with Crippen LogP contribution in [0.25, 0.3) is 0 Å². The first-order valence-electron chi connectivity index (χ1n) is 6.00. The quantitative estimate of drug-likeness (QED) is 0.787. The second kappa shape index (κ2) is 6.39. The lowest BCUT2D eigenvalue weighted by Gasteiger charge is -2.16. The van der Waals surface area contributed by atoms with Crippen molar-refractivity contribution in [3.63, 3.8) is 0 Å². The van der Waals surface area contributed by atoms with Gasteiger partial charge in [-0.3, -0.25) is 0 Å². The van der Waals surface area contributed by atoms with E-state index in [1.54, 1.807) is 0 Å². The largest absolute Gasteiger partial charge is 0.478 e. The molecule has 1 unspecified atom stereocenters. The Bertz CT molecular complexity index is 354. The number of aryl methyl sites for hydroxylation is 1. The summed E-state index contributed by atoms with van der Waals surface area (Å²) in [4.78, 5) is 8.54. The molecule has 1 atom stereocenters. The van der Waals surface area contributed by atoms with Gasteiger partial charge in [-0.1, -0.05) is 13.8 Å². The third-order valence-electron chi connectivity index (χ3n) is 2.48. The van der Waals surface area contributed by atoms with Crippen LogP contribution in [0.1, 0.15) is 26.5 Å². The molecule has 5 heteroatoms. The van der Waals surface area contributed by atoms with E-state index in [0.717, 1.165) is 5.69 Å².